The largest absolute Gasteiger partial charge is 0.504 e. The molecule has 13 amide bonds. The number of carbonyl (C=O) groups excluding carboxylic acids is 13. The van der Waals surface area contributed by atoms with Gasteiger partial charge in [-0.05, 0) is 182 Å². The van der Waals surface area contributed by atoms with Crippen molar-refractivity contribution in [2.45, 2.75) is 224 Å². The van der Waals surface area contributed by atoms with Crippen LogP contribution in [0.3, 0.4) is 0 Å². The number of anilines is 1. The van der Waals surface area contributed by atoms with E-state index in [0.717, 1.165) is 61.0 Å². The molecule has 3 aromatic carbocycles. The molecule has 147 heavy (non-hydrogen) atoms. The second-order valence-electron chi connectivity index (χ2n) is 38.5. The lowest BCUT2D eigenvalue weighted by atomic mass is 10.0. The average molecular weight is 2070 g/mol. The van der Waals surface area contributed by atoms with Crippen molar-refractivity contribution < 1.29 is 86.8 Å². The molecular weight excluding hydrogens is 1910 g/mol. The Balaban J connectivity index is 0.859. The molecule has 0 aliphatic carbocycles. The molecule has 6 aromatic rings. The maximum Gasteiger partial charge on any atom is 0.243 e. The molecule has 0 spiro atoms. The fourth-order valence-electron chi connectivity index (χ4n) is 17.5. The molecule has 5 heterocycles. The van der Waals surface area contributed by atoms with Crippen LogP contribution in [0.5, 0.6) is 11.5 Å². The first kappa shape index (κ1) is 120. The van der Waals surface area contributed by atoms with E-state index in [9.17, 15) is 43.8 Å². The van der Waals surface area contributed by atoms with Gasteiger partial charge >= 0.3 is 0 Å². The minimum Gasteiger partial charge on any atom is -0.504 e. The van der Waals surface area contributed by atoms with E-state index in [4.69, 9.17) is 42.9 Å². The van der Waals surface area contributed by atoms with Crippen molar-refractivity contribution in [1.29, 1.82) is 0 Å². The van der Waals surface area contributed by atoms with Gasteiger partial charge < -0.3 is 129 Å². The summed E-state index contributed by atoms with van der Waals surface area (Å²) in [6.45, 7) is 11.0. The normalized spacial score (nSPS) is 14.6. The van der Waals surface area contributed by atoms with Gasteiger partial charge in [-0.25, -0.2) is 15.0 Å². The van der Waals surface area contributed by atoms with E-state index in [-0.39, 0.29) is 120 Å². The van der Waals surface area contributed by atoms with E-state index < -0.39 is 146 Å². The summed E-state index contributed by atoms with van der Waals surface area (Å²) in [4.78, 5) is 215. The number of thioether (sulfide) groups is 1. The van der Waals surface area contributed by atoms with Gasteiger partial charge in [-0.2, -0.15) is 11.8 Å². The van der Waals surface area contributed by atoms with Gasteiger partial charge in [0.25, 0.3) is 0 Å². The molecule has 7 atom stereocenters. The average Bonchev–Trinajstić information content (AvgIpc) is 1.63. The van der Waals surface area contributed by atoms with Crippen LogP contribution in [0.2, 0.25) is 0 Å². The minimum absolute atomic E-state index is 0.0231. The number of phenolic OH excluding ortho intramolecular Hbond substituents is 2. The highest BCUT2D eigenvalue weighted by Crippen LogP contribution is 2.34. The van der Waals surface area contributed by atoms with Crippen molar-refractivity contribution in [3.05, 3.63) is 108 Å². The number of nitrogens with one attached hydrogen (secondary N) is 10. The Labute approximate surface area is 867 Å². The number of nitrogens with two attached hydrogens (primary N) is 5. The van der Waals surface area contributed by atoms with Gasteiger partial charge in [0.2, 0.25) is 76.8 Å². The summed E-state index contributed by atoms with van der Waals surface area (Å²) in [6.07, 6.45) is 15.4. The van der Waals surface area contributed by atoms with Crippen LogP contribution in [0.1, 0.15) is 192 Å². The number of aromatic amines is 2. The van der Waals surface area contributed by atoms with Crippen molar-refractivity contribution >= 4 is 116 Å². The van der Waals surface area contributed by atoms with E-state index in [2.05, 4.69) is 67.5 Å². The number of para-hydroxylation sites is 1. The Morgan fingerprint density at radius 1 is 0.503 bits per heavy atom. The molecule has 2 aliphatic heterocycles. The molecule has 2 unspecified atom stereocenters. The lowest BCUT2D eigenvalue weighted by Gasteiger charge is -2.35. The van der Waals surface area contributed by atoms with Crippen molar-refractivity contribution in [2.24, 2.45) is 40.5 Å². The second kappa shape index (κ2) is 67.3. The summed E-state index contributed by atoms with van der Waals surface area (Å²) in [5.41, 5.74) is 34.3. The summed E-state index contributed by atoms with van der Waals surface area (Å²) in [5, 5.41) is 46.5. The molecule has 2 saturated heterocycles. The Bertz CT molecular complexity index is 5040. The molecule has 22 N–H and O–H groups in total. The fourth-order valence-corrected chi connectivity index (χ4v) is 19.1. The molecule has 0 bridgehead atoms. The van der Waals surface area contributed by atoms with Gasteiger partial charge in [-0.15, -0.1) is 0 Å². The molecule has 3 aromatic heterocycles. The highest BCUT2D eigenvalue weighted by Gasteiger charge is 2.40. The SMILES string of the molecule is CC(C)CN(CC(=O)N(CC(=O)N(CC(=O)N(CCCCN)CC(=O)N(CCCCN)CC(=O)NC(Cc1ccc(O)c(O)c1)C(=O)N[C@H](CCC(=O)NCCCOCCOCCOCCCNC(=O)CCCC[C@@H]1SC[C@@H]2NCN[C@@H]21)C(N)=O)[C@@H](C)c1ccccc1)CC(C)C)C(=O)CN(CCc1c[nH]c2ccccc12)C(=O)CN(CCCCN)C(=O)C(N)CCCCNC(=O)CCCCCNc1ncnc2[nH]cnc12. The van der Waals surface area contributed by atoms with Crippen LogP contribution in [0.4, 0.5) is 5.82 Å². The first-order chi connectivity index (χ1) is 70.9. The monoisotopic (exact) mass is 2070 g/mol. The van der Waals surface area contributed by atoms with Crippen LogP contribution in [0.15, 0.2) is 91.6 Å². The second-order valence-corrected chi connectivity index (χ2v) is 39.8. The summed E-state index contributed by atoms with van der Waals surface area (Å²) < 4.78 is 16.9. The number of hydrogen-bond donors (Lipinski definition) is 17. The Morgan fingerprint density at radius 3 is 1.68 bits per heavy atom. The van der Waals surface area contributed by atoms with Gasteiger partial charge in [0.15, 0.2) is 23.0 Å². The van der Waals surface area contributed by atoms with Crippen molar-refractivity contribution in [1.82, 2.24) is 96.4 Å². The van der Waals surface area contributed by atoms with Crippen LogP contribution in [-0.4, -0.2) is 365 Å². The topological polar surface area (TPSA) is 609 Å². The molecule has 43 nitrogen and oxygen atoms in total. The molecule has 0 saturated carbocycles. The lowest BCUT2D eigenvalue weighted by Crippen LogP contribution is -2.56. The van der Waals surface area contributed by atoms with Crippen molar-refractivity contribution in [2.75, 3.05) is 188 Å². The molecule has 814 valence electrons. The number of unbranched alkanes of at least 4 members (excludes halogenated alkanes) is 7. The summed E-state index contributed by atoms with van der Waals surface area (Å²) >= 11 is 2.01. The molecule has 8 rings (SSSR count). The number of nitrogens with zero attached hydrogens (tertiary/aromatic N) is 10. The van der Waals surface area contributed by atoms with Crippen LogP contribution >= 0.6 is 11.8 Å². The van der Waals surface area contributed by atoms with E-state index in [0.29, 0.717) is 189 Å². The summed E-state index contributed by atoms with van der Waals surface area (Å²) in [5.74, 6) is -7.22. The van der Waals surface area contributed by atoms with Gasteiger partial charge in [0, 0.05) is 151 Å². The molecule has 2 fully saturated rings. The highest BCUT2D eigenvalue weighted by atomic mass is 32.2. The number of aromatic nitrogens is 5. The zero-order chi connectivity index (χ0) is 106. The van der Waals surface area contributed by atoms with E-state index in [1.807, 2.05) is 69.9 Å². The van der Waals surface area contributed by atoms with E-state index >= 15 is 28.8 Å². The number of hydrogen-bond acceptors (Lipinski definition) is 29. The molecule has 44 heteroatoms. The van der Waals surface area contributed by atoms with Crippen molar-refractivity contribution in [3.8, 4) is 11.5 Å². The van der Waals surface area contributed by atoms with Gasteiger partial charge in [-0.3, -0.25) is 73.0 Å². The number of imidazole rings is 1. The van der Waals surface area contributed by atoms with Gasteiger partial charge in [0.05, 0.1) is 84.1 Å². The molecular formula is C103H163N25O18S. The minimum atomic E-state index is -1.53. The molecule has 0 radical (unpaired) electrons. The zero-order valence-electron chi connectivity index (χ0n) is 86.6. The third kappa shape index (κ3) is 43.9. The fraction of sp³-hybridized carbons (Fsp3) is 0.631. The number of amides is 13. The maximum atomic E-state index is 15.5. The first-order valence-electron chi connectivity index (χ1n) is 52.3. The number of aromatic hydroxyl groups is 2. The van der Waals surface area contributed by atoms with E-state index in [1.165, 1.54) is 58.8 Å². The Kier molecular flexibility index (Phi) is 55.1. The smallest absolute Gasteiger partial charge is 0.243 e. The number of primary amides is 1. The Morgan fingerprint density at radius 2 is 1.05 bits per heavy atom. The summed E-state index contributed by atoms with van der Waals surface area (Å²) in [6, 6.07) is 16.6. The number of ether oxygens (including phenoxy) is 3. The number of rotatable bonds is 76. The van der Waals surface area contributed by atoms with Gasteiger partial charge in [0.1, 0.15) is 30.5 Å². The number of carbonyl (C=O) groups is 13. The zero-order valence-corrected chi connectivity index (χ0v) is 87.4. The number of phenols is 2. The quantitative estimate of drug-likeness (QED) is 0.0192. The number of H-pyrrole nitrogens is 2. The number of benzene rings is 3. The van der Waals surface area contributed by atoms with Crippen LogP contribution < -0.4 is 71.2 Å². The predicted octanol–water partition coefficient (Wildman–Crippen LogP) is 3.27. The maximum absolute atomic E-state index is 15.5. The first-order valence-corrected chi connectivity index (χ1v) is 53.3. The third-order valence-corrected chi connectivity index (χ3v) is 27.2. The standard InChI is InChI=1S/C103H163N25O18S/c1-72(2)59-126(93(137)63-124(49-38-77-58-113-80-30-12-11-28-78(77)80)92(136)64-125(48-23-18-41-106)103(143)79(107)29-15-20-42-109-87(131)32-10-7-19-43-112-100-98-101(117-70-116-98)119-71-118-100)65-94(138)127(60-73(3)4)66-96(140)128(74(5)76-26-8-6-9-27-76)67-95(139)123(47-22-17-40-105)62-91(135)122(46-21-16-39-104)61-90(134)120-82(56-75-34-36-84(129)85(130)57-75)102(142)121-81(99(108)141)35-37-89(133)111-45-25-51-145-53-55-146-54-52-144-50-24-44-110-88(132)33-14-13-31-86-97-83(68-147-86)114-69-115-97/h6,8-9,11-12,26-28,30,34,36,57-58,70-74,79,81-83,86,97,113-115,129-130H,7,10,13-25,29,31-33,35,37-56,59-69,104-107H2,1-5H3,(H2,108,141)(H,109,131)(H,110,132)(H,111,133)(H,120,134)(H,121,142)(H2,112,116,117,118,119)/t74-,79?,81+,82?,83-,86-,97-/m0/s1. The lowest BCUT2D eigenvalue weighted by molar-refractivity contribution is -0.149. The third-order valence-electron chi connectivity index (χ3n) is 25.7. The Hall–Kier alpha value is -11.8. The van der Waals surface area contributed by atoms with Crippen LogP contribution in [0.25, 0.3) is 22.1 Å². The van der Waals surface area contributed by atoms with Crippen molar-refractivity contribution in [3.63, 3.8) is 0 Å². The van der Waals surface area contributed by atoms with Crippen LogP contribution in [0, 0.1) is 11.8 Å². The summed E-state index contributed by atoms with van der Waals surface area (Å²) in [7, 11) is 0. The highest BCUT2D eigenvalue weighted by molar-refractivity contribution is 8.00. The van der Waals surface area contributed by atoms with Crippen LogP contribution in [-0.2, 0) is 89.4 Å². The molecule has 2 aliphatic rings. The predicted molar refractivity (Wildman–Crippen MR) is 563 cm³/mol. The van der Waals surface area contributed by atoms with Gasteiger partial charge in [-0.1, -0.05) is 95.1 Å². The number of fused-ring (bicyclic) bond motifs is 3. The van der Waals surface area contributed by atoms with E-state index in [1.54, 1.807) is 43.6 Å².